The van der Waals surface area contributed by atoms with Crippen molar-refractivity contribution in [2.24, 2.45) is 5.92 Å². The van der Waals surface area contributed by atoms with Gasteiger partial charge in [0.15, 0.2) is 5.11 Å². The molecule has 0 spiro atoms. The second-order valence-electron chi connectivity index (χ2n) is 5.34. The maximum Gasteiger partial charge on any atom is 0.229 e. The van der Waals surface area contributed by atoms with E-state index < -0.39 is 0 Å². The Kier molecular flexibility index (Phi) is 6.00. The predicted molar refractivity (Wildman–Crippen MR) is 90.5 cm³/mol. The van der Waals surface area contributed by atoms with Gasteiger partial charge in [-0.1, -0.05) is 19.3 Å². The van der Waals surface area contributed by atoms with Gasteiger partial charge in [-0.15, -0.1) is 0 Å². The number of thiocarbonyl (C=S) groups is 1. The van der Waals surface area contributed by atoms with Crippen molar-refractivity contribution >= 4 is 28.9 Å². The van der Waals surface area contributed by atoms with Gasteiger partial charge in [-0.25, -0.2) is 0 Å². The van der Waals surface area contributed by atoms with Crippen LogP contribution < -0.4 is 20.1 Å². The smallest absolute Gasteiger partial charge is 0.229 e. The van der Waals surface area contributed by atoms with Gasteiger partial charge in [-0.3, -0.25) is 4.79 Å². The van der Waals surface area contributed by atoms with E-state index in [9.17, 15) is 4.79 Å². The van der Waals surface area contributed by atoms with Gasteiger partial charge in [-0.2, -0.15) is 0 Å². The topological polar surface area (TPSA) is 59.6 Å². The van der Waals surface area contributed by atoms with Crippen LogP contribution in [0.3, 0.4) is 0 Å². The number of hydrogen-bond acceptors (Lipinski definition) is 4. The molecule has 0 atom stereocenters. The molecule has 1 saturated carbocycles. The third-order valence-electron chi connectivity index (χ3n) is 3.87. The van der Waals surface area contributed by atoms with Gasteiger partial charge in [-0.05, 0) is 37.2 Å². The van der Waals surface area contributed by atoms with Crippen molar-refractivity contribution in [3.8, 4) is 11.5 Å². The Labute approximate surface area is 136 Å². The number of methoxy groups -OCH3 is 2. The quantitative estimate of drug-likeness (QED) is 0.834. The maximum absolute atomic E-state index is 12.2. The van der Waals surface area contributed by atoms with Crippen molar-refractivity contribution in [3.05, 3.63) is 18.2 Å². The first-order chi connectivity index (χ1) is 10.6. The highest BCUT2D eigenvalue weighted by molar-refractivity contribution is 7.80. The molecule has 0 saturated heterocycles. The van der Waals surface area contributed by atoms with E-state index in [1.54, 1.807) is 32.4 Å². The zero-order valence-electron chi connectivity index (χ0n) is 13.0. The maximum atomic E-state index is 12.2. The molecule has 0 aromatic heterocycles. The van der Waals surface area contributed by atoms with Crippen LogP contribution in [0, 0.1) is 5.92 Å². The second kappa shape index (κ2) is 7.98. The average molecular weight is 322 g/mol. The first-order valence-electron chi connectivity index (χ1n) is 7.48. The molecule has 22 heavy (non-hydrogen) atoms. The van der Waals surface area contributed by atoms with E-state index in [0.717, 1.165) is 25.7 Å². The van der Waals surface area contributed by atoms with Crippen LogP contribution in [-0.4, -0.2) is 25.2 Å². The molecular formula is C16H22N2O3S. The van der Waals surface area contributed by atoms with Crippen molar-refractivity contribution in [2.75, 3.05) is 19.5 Å². The van der Waals surface area contributed by atoms with Crippen molar-refractivity contribution in [1.29, 1.82) is 0 Å². The molecule has 2 N–H and O–H groups in total. The number of benzene rings is 1. The molecule has 0 bridgehead atoms. The van der Waals surface area contributed by atoms with Crippen LogP contribution in [0.5, 0.6) is 11.5 Å². The highest BCUT2D eigenvalue weighted by atomic mass is 32.1. The van der Waals surface area contributed by atoms with E-state index in [1.165, 1.54) is 6.42 Å². The fourth-order valence-corrected chi connectivity index (χ4v) is 2.85. The van der Waals surface area contributed by atoms with Crippen LogP contribution in [0.1, 0.15) is 32.1 Å². The molecule has 5 nitrogen and oxygen atoms in total. The molecule has 0 unspecified atom stereocenters. The summed E-state index contributed by atoms with van der Waals surface area (Å²) in [4.78, 5) is 12.2. The van der Waals surface area contributed by atoms with Crippen LogP contribution in [0.2, 0.25) is 0 Å². The molecule has 1 amide bonds. The Morgan fingerprint density at radius 2 is 1.91 bits per heavy atom. The van der Waals surface area contributed by atoms with Crippen LogP contribution >= 0.6 is 12.2 Å². The largest absolute Gasteiger partial charge is 0.497 e. The highest BCUT2D eigenvalue weighted by Gasteiger charge is 2.21. The molecule has 1 aliphatic rings. The van der Waals surface area contributed by atoms with Crippen LogP contribution in [0.15, 0.2) is 18.2 Å². The van der Waals surface area contributed by atoms with Gasteiger partial charge in [0.1, 0.15) is 11.5 Å². The third-order valence-corrected chi connectivity index (χ3v) is 4.07. The Bertz CT molecular complexity index is 542. The average Bonchev–Trinajstić information content (AvgIpc) is 2.55. The molecule has 1 aliphatic carbocycles. The third kappa shape index (κ3) is 4.34. The van der Waals surface area contributed by atoms with E-state index in [2.05, 4.69) is 10.6 Å². The Morgan fingerprint density at radius 3 is 2.55 bits per heavy atom. The normalized spacial score (nSPS) is 15.0. The zero-order valence-corrected chi connectivity index (χ0v) is 13.8. The summed E-state index contributed by atoms with van der Waals surface area (Å²) in [6, 6.07) is 5.36. The first-order valence-corrected chi connectivity index (χ1v) is 7.88. The summed E-state index contributed by atoms with van der Waals surface area (Å²) in [6.07, 6.45) is 5.32. The van der Waals surface area contributed by atoms with Crippen LogP contribution in [0.4, 0.5) is 5.69 Å². The van der Waals surface area contributed by atoms with Gasteiger partial charge in [0.05, 0.1) is 19.9 Å². The number of rotatable bonds is 4. The van der Waals surface area contributed by atoms with Crippen molar-refractivity contribution < 1.29 is 14.3 Å². The molecule has 0 heterocycles. The van der Waals surface area contributed by atoms with Gasteiger partial charge < -0.3 is 20.1 Å². The molecule has 6 heteroatoms. The highest BCUT2D eigenvalue weighted by Crippen LogP contribution is 2.29. The number of amides is 1. The van der Waals surface area contributed by atoms with E-state index >= 15 is 0 Å². The zero-order chi connectivity index (χ0) is 15.9. The van der Waals surface area contributed by atoms with Crippen molar-refractivity contribution in [3.63, 3.8) is 0 Å². The van der Waals surface area contributed by atoms with Crippen molar-refractivity contribution in [2.45, 2.75) is 32.1 Å². The standard InChI is InChI=1S/C16H22N2O3S/c1-20-12-8-9-14(21-2)13(10-12)17-16(22)18-15(19)11-6-4-3-5-7-11/h8-11H,3-7H2,1-2H3,(H2,17,18,19,22). The molecule has 1 aromatic carbocycles. The number of hydrogen-bond donors (Lipinski definition) is 2. The van der Waals surface area contributed by atoms with Gasteiger partial charge >= 0.3 is 0 Å². The number of ether oxygens (including phenoxy) is 2. The molecule has 120 valence electrons. The lowest BCUT2D eigenvalue weighted by atomic mass is 9.89. The SMILES string of the molecule is COc1ccc(OC)c(NC(=S)NC(=O)C2CCCCC2)c1. The van der Waals surface area contributed by atoms with Crippen molar-refractivity contribution in [1.82, 2.24) is 5.32 Å². The first kappa shape index (κ1) is 16.5. The number of carbonyl (C=O) groups excluding carboxylic acids is 1. The van der Waals surface area contributed by atoms with Gasteiger partial charge in [0.25, 0.3) is 0 Å². The molecule has 0 radical (unpaired) electrons. The Morgan fingerprint density at radius 1 is 1.18 bits per heavy atom. The van der Waals surface area contributed by atoms with E-state index in [1.807, 2.05) is 0 Å². The Hall–Kier alpha value is -1.82. The lowest BCUT2D eigenvalue weighted by Gasteiger charge is -2.21. The predicted octanol–water partition coefficient (Wildman–Crippen LogP) is 3.10. The molecule has 2 rings (SSSR count). The summed E-state index contributed by atoms with van der Waals surface area (Å²) in [5, 5.41) is 6.05. The summed E-state index contributed by atoms with van der Waals surface area (Å²) in [7, 11) is 3.17. The summed E-state index contributed by atoms with van der Waals surface area (Å²) in [6.45, 7) is 0. The summed E-state index contributed by atoms with van der Waals surface area (Å²) < 4.78 is 10.5. The number of nitrogens with one attached hydrogen (secondary N) is 2. The monoisotopic (exact) mass is 322 g/mol. The Balaban J connectivity index is 1.97. The minimum Gasteiger partial charge on any atom is -0.497 e. The van der Waals surface area contributed by atoms with E-state index in [0.29, 0.717) is 17.2 Å². The van der Waals surface area contributed by atoms with Crippen LogP contribution in [-0.2, 0) is 4.79 Å². The summed E-state index contributed by atoms with van der Waals surface area (Å²) in [5.74, 6) is 1.39. The minimum atomic E-state index is -0.000868. The molecule has 1 fully saturated rings. The molecular weight excluding hydrogens is 300 g/mol. The van der Waals surface area contributed by atoms with Gasteiger partial charge in [0, 0.05) is 12.0 Å². The lowest BCUT2D eigenvalue weighted by molar-refractivity contribution is -0.124. The minimum absolute atomic E-state index is 0.000868. The fraction of sp³-hybridized carbons (Fsp3) is 0.500. The fourth-order valence-electron chi connectivity index (χ4n) is 2.64. The van der Waals surface area contributed by atoms with Gasteiger partial charge in [0.2, 0.25) is 5.91 Å². The number of carbonyl (C=O) groups is 1. The molecule has 1 aromatic rings. The number of anilines is 1. The summed E-state index contributed by atoms with van der Waals surface area (Å²) >= 11 is 5.23. The lowest BCUT2D eigenvalue weighted by Crippen LogP contribution is -2.39. The molecule has 0 aliphatic heterocycles. The van der Waals surface area contributed by atoms with E-state index in [4.69, 9.17) is 21.7 Å². The summed E-state index contributed by atoms with van der Waals surface area (Å²) in [5.41, 5.74) is 0.663. The van der Waals surface area contributed by atoms with Crippen LogP contribution in [0.25, 0.3) is 0 Å². The van der Waals surface area contributed by atoms with E-state index in [-0.39, 0.29) is 16.9 Å². The second-order valence-corrected chi connectivity index (χ2v) is 5.75.